The zero-order chi connectivity index (χ0) is 11.4. The van der Waals surface area contributed by atoms with Gasteiger partial charge in [0.15, 0.2) is 5.82 Å². The van der Waals surface area contributed by atoms with Crippen LogP contribution in [0.3, 0.4) is 0 Å². The van der Waals surface area contributed by atoms with Crippen LogP contribution in [0.5, 0.6) is 5.88 Å². The van der Waals surface area contributed by atoms with E-state index < -0.39 is 0 Å². The Kier molecular flexibility index (Phi) is 3.29. The van der Waals surface area contributed by atoms with E-state index in [0.29, 0.717) is 17.6 Å². The molecule has 1 atom stereocenters. The molecule has 2 rings (SSSR count). The van der Waals surface area contributed by atoms with Crippen LogP contribution in [0.4, 0.5) is 11.5 Å². The van der Waals surface area contributed by atoms with E-state index in [1.165, 1.54) is 0 Å². The minimum Gasteiger partial charge on any atom is -0.481 e. The van der Waals surface area contributed by atoms with Gasteiger partial charge in [-0.2, -0.15) is 4.98 Å². The van der Waals surface area contributed by atoms with Gasteiger partial charge in [-0.1, -0.05) is 12.2 Å². The van der Waals surface area contributed by atoms with Crippen LogP contribution < -0.4 is 15.8 Å². The SMILES string of the molecule is COc1ccc(N)c(NC2CC=CCC2)n1. The lowest BCUT2D eigenvalue weighted by atomic mass is 10.0. The molecule has 0 saturated carbocycles. The maximum Gasteiger partial charge on any atom is 0.215 e. The number of nitrogens with zero attached hydrogens (tertiary/aromatic N) is 1. The van der Waals surface area contributed by atoms with E-state index >= 15 is 0 Å². The number of hydrogen-bond acceptors (Lipinski definition) is 4. The van der Waals surface area contributed by atoms with Crippen LogP contribution >= 0.6 is 0 Å². The summed E-state index contributed by atoms with van der Waals surface area (Å²) in [5.74, 6) is 1.31. The molecule has 0 fully saturated rings. The van der Waals surface area contributed by atoms with E-state index in [-0.39, 0.29) is 0 Å². The van der Waals surface area contributed by atoms with Gasteiger partial charge in [-0.25, -0.2) is 0 Å². The number of nitrogen functional groups attached to an aromatic ring is 1. The van der Waals surface area contributed by atoms with E-state index in [0.717, 1.165) is 25.1 Å². The third-order valence-electron chi connectivity index (χ3n) is 2.72. The highest BCUT2D eigenvalue weighted by atomic mass is 16.5. The minimum absolute atomic E-state index is 0.423. The van der Waals surface area contributed by atoms with Crippen molar-refractivity contribution in [3.05, 3.63) is 24.3 Å². The Morgan fingerprint density at radius 3 is 3.00 bits per heavy atom. The summed E-state index contributed by atoms with van der Waals surface area (Å²) in [5, 5.41) is 3.36. The number of aromatic nitrogens is 1. The molecule has 1 heterocycles. The Balaban J connectivity index is 2.10. The summed E-state index contributed by atoms with van der Waals surface area (Å²) in [6, 6.07) is 4.00. The average molecular weight is 219 g/mol. The highest BCUT2D eigenvalue weighted by Gasteiger charge is 2.12. The number of anilines is 2. The number of nitrogens with one attached hydrogen (secondary N) is 1. The summed E-state index contributed by atoms with van der Waals surface area (Å²) < 4.78 is 5.08. The topological polar surface area (TPSA) is 60.2 Å². The number of hydrogen-bond donors (Lipinski definition) is 2. The fraction of sp³-hybridized carbons (Fsp3) is 0.417. The van der Waals surface area contributed by atoms with Gasteiger partial charge in [-0.3, -0.25) is 0 Å². The monoisotopic (exact) mass is 219 g/mol. The molecule has 4 nitrogen and oxygen atoms in total. The smallest absolute Gasteiger partial charge is 0.215 e. The van der Waals surface area contributed by atoms with Crippen LogP contribution in [0.25, 0.3) is 0 Å². The largest absolute Gasteiger partial charge is 0.481 e. The van der Waals surface area contributed by atoms with Gasteiger partial charge in [-0.15, -0.1) is 0 Å². The summed E-state index contributed by atoms with van der Waals surface area (Å²) in [5.41, 5.74) is 6.53. The van der Waals surface area contributed by atoms with Crippen molar-refractivity contribution >= 4 is 11.5 Å². The second kappa shape index (κ2) is 4.88. The Labute approximate surface area is 95.5 Å². The lowest BCUT2D eigenvalue weighted by Gasteiger charge is -2.21. The first-order valence-corrected chi connectivity index (χ1v) is 5.51. The molecular weight excluding hydrogens is 202 g/mol. The molecule has 0 radical (unpaired) electrons. The molecule has 0 spiro atoms. The fourth-order valence-electron chi connectivity index (χ4n) is 1.80. The van der Waals surface area contributed by atoms with E-state index in [2.05, 4.69) is 22.5 Å². The highest BCUT2D eigenvalue weighted by Crippen LogP contribution is 2.23. The molecule has 0 aliphatic heterocycles. The number of ether oxygens (including phenoxy) is 1. The number of rotatable bonds is 3. The molecule has 0 amide bonds. The zero-order valence-corrected chi connectivity index (χ0v) is 9.44. The van der Waals surface area contributed by atoms with E-state index in [4.69, 9.17) is 10.5 Å². The van der Waals surface area contributed by atoms with Gasteiger partial charge < -0.3 is 15.8 Å². The van der Waals surface area contributed by atoms with Gasteiger partial charge in [0.1, 0.15) is 0 Å². The van der Waals surface area contributed by atoms with Gasteiger partial charge in [0.25, 0.3) is 0 Å². The molecule has 0 aromatic carbocycles. The predicted octanol–water partition coefficient (Wildman–Crippen LogP) is 2.19. The normalized spacial score (nSPS) is 19.4. The molecule has 0 saturated heterocycles. The molecule has 4 heteroatoms. The van der Waals surface area contributed by atoms with Crippen molar-refractivity contribution in [3.63, 3.8) is 0 Å². The van der Waals surface area contributed by atoms with E-state index in [1.807, 2.05) is 6.07 Å². The van der Waals surface area contributed by atoms with Gasteiger partial charge in [-0.05, 0) is 25.3 Å². The first-order valence-electron chi connectivity index (χ1n) is 5.51. The summed E-state index contributed by atoms with van der Waals surface area (Å²) in [6.07, 6.45) is 7.66. The van der Waals surface area contributed by atoms with E-state index in [1.54, 1.807) is 13.2 Å². The summed E-state index contributed by atoms with van der Waals surface area (Å²) >= 11 is 0. The second-order valence-electron chi connectivity index (χ2n) is 3.92. The number of nitrogens with two attached hydrogens (primary N) is 1. The molecule has 1 aromatic heterocycles. The van der Waals surface area contributed by atoms with Crippen LogP contribution in [-0.2, 0) is 0 Å². The van der Waals surface area contributed by atoms with Crippen molar-refractivity contribution in [3.8, 4) is 5.88 Å². The third-order valence-corrected chi connectivity index (χ3v) is 2.72. The van der Waals surface area contributed by atoms with Crippen LogP contribution in [0.15, 0.2) is 24.3 Å². The van der Waals surface area contributed by atoms with Crippen molar-refractivity contribution in [2.75, 3.05) is 18.2 Å². The standard InChI is InChI=1S/C12H17N3O/c1-16-11-8-7-10(13)12(15-11)14-9-5-3-2-4-6-9/h2-3,7-9H,4-6,13H2,1H3,(H,14,15). The Morgan fingerprint density at radius 2 is 2.31 bits per heavy atom. The van der Waals surface area contributed by atoms with Crippen LogP contribution in [0.2, 0.25) is 0 Å². The molecular formula is C12H17N3O. The lowest BCUT2D eigenvalue weighted by molar-refractivity contribution is 0.398. The maximum atomic E-state index is 5.86. The van der Waals surface area contributed by atoms with Crippen molar-refractivity contribution in [1.82, 2.24) is 4.98 Å². The average Bonchev–Trinajstić information content (AvgIpc) is 2.33. The minimum atomic E-state index is 0.423. The number of methoxy groups -OCH3 is 1. The van der Waals surface area contributed by atoms with Crippen molar-refractivity contribution in [1.29, 1.82) is 0 Å². The van der Waals surface area contributed by atoms with Crippen molar-refractivity contribution < 1.29 is 4.74 Å². The van der Waals surface area contributed by atoms with E-state index in [9.17, 15) is 0 Å². The van der Waals surface area contributed by atoms with Crippen LogP contribution in [0, 0.1) is 0 Å². The molecule has 86 valence electrons. The zero-order valence-electron chi connectivity index (χ0n) is 9.44. The number of pyridine rings is 1. The molecule has 1 unspecified atom stereocenters. The van der Waals surface area contributed by atoms with Crippen LogP contribution in [0.1, 0.15) is 19.3 Å². The summed E-state index contributed by atoms with van der Waals surface area (Å²) in [7, 11) is 1.60. The molecule has 16 heavy (non-hydrogen) atoms. The first kappa shape index (κ1) is 10.8. The van der Waals surface area contributed by atoms with Crippen molar-refractivity contribution in [2.24, 2.45) is 0 Å². The van der Waals surface area contributed by atoms with Gasteiger partial charge in [0.2, 0.25) is 5.88 Å². The lowest BCUT2D eigenvalue weighted by Crippen LogP contribution is -2.21. The Bertz CT molecular complexity index is 390. The maximum absolute atomic E-state index is 5.86. The molecule has 3 N–H and O–H groups in total. The summed E-state index contributed by atoms with van der Waals surface area (Å²) in [6.45, 7) is 0. The third kappa shape index (κ3) is 2.45. The van der Waals surface area contributed by atoms with Gasteiger partial charge >= 0.3 is 0 Å². The fourth-order valence-corrected chi connectivity index (χ4v) is 1.80. The highest BCUT2D eigenvalue weighted by molar-refractivity contribution is 5.62. The summed E-state index contributed by atoms with van der Waals surface area (Å²) in [4.78, 5) is 4.30. The van der Waals surface area contributed by atoms with Crippen LogP contribution in [-0.4, -0.2) is 18.1 Å². The molecule has 1 aromatic rings. The van der Waals surface area contributed by atoms with Crippen molar-refractivity contribution in [2.45, 2.75) is 25.3 Å². The molecule has 0 bridgehead atoms. The number of allylic oxidation sites excluding steroid dienone is 1. The molecule has 1 aliphatic carbocycles. The molecule has 1 aliphatic rings. The second-order valence-corrected chi connectivity index (χ2v) is 3.92. The Morgan fingerprint density at radius 1 is 1.44 bits per heavy atom. The van der Waals surface area contributed by atoms with Gasteiger partial charge in [0.05, 0.1) is 12.8 Å². The van der Waals surface area contributed by atoms with Gasteiger partial charge in [0, 0.05) is 12.1 Å². The quantitative estimate of drug-likeness (QED) is 0.765. The Hall–Kier alpha value is -1.71. The first-order chi connectivity index (χ1) is 7.79. The predicted molar refractivity (Wildman–Crippen MR) is 65.6 cm³/mol.